The quantitative estimate of drug-likeness (QED) is 0.836. The first-order valence-electron chi connectivity index (χ1n) is 8.34. The summed E-state index contributed by atoms with van der Waals surface area (Å²) in [5, 5.41) is 10.1. The summed E-state index contributed by atoms with van der Waals surface area (Å²) in [5.74, 6) is -0.176. The van der Waals surface area contributed by atoms with E-state index in [0.29, 0.717) is 12.8 Å². The predicted octanol–water partition coefficient (Wildman–Crippen LogP) is 1.88. The van der Waals surface area contributed by atoms with Crippen LogP contribution in [0, 0.1) is 6.92 Å². The summed E-state index contributed by atoms with van der Waals surface area (Å²) in [7, 11) is 1.83. The van der Waals surface area contributed by atoms with E-state index in [0.717, 1.165) is 11.1 Å². The number of hydrogen-bond donors (Lipinski definition) is 2. The van der Waals surface area contributed by atoms with E-state index < -0.39 is 0 Å². The number of benzene rings is 1. The number of aryl methyl sites for hydroxylation is 2. The highest BCUT2D eigenvalue weighted by molar-refractivity contribution is 5.92. The van der Waals surface area contributed by atoms with Crippen molar-refractivity contribution in [1.29, 1.82) is 0 Å². The van der Waals surface area contributed by atoms with Crippen LogP contribution in [0.15, 0.2) is 42.7 Å². The van der Waals surface area contributed by atoms with Gasteiger partial charge in [0.15, 0.2) is 0 Å². The molecule has 0 aliphatic carbocycles. The van der Waals surface area contributed by atoms with Gasteiger partial charge in [0.2, 0.25) is 11.8 Å². The lowest BCUT2D eigenvalue weighted by molar-refractivity contribution is -0.125. The third kappa shape index (κ3) is 4.35. The maximum absolute atomic E-state index is 12.3. The molecule has 2 aromatic rings. The van der Waals surface area contributed by atoms with Gasteiger partial charge < -0.3 is 10.6 Å². The van der Waals surface area contributed by atoms with Gasteiger partial charge in [0.1, 0.15) is 0 Å². The Morgan fingerprint density at radius 3 is 2.80 bits per heavy atom. The Labute approximate surface area is 146 Å². The largest absolute Gasteiger partial charge is 0.347 e. The summed E-state index contributed by atoms with van der Waals surface area (Å²) in [5.41, 5.74) is 3.05. The molecule has 2 N–H and O–H groups in total. The number of hydrogen-bond acceptors (Lipinski definition) is 3. The molecule has 0 saturated carbocycles. The predicted molar refractivity (Wildman–Crippen MR) is 95.5 cm³/mol. The standard InChI is InChI=1S/C19H22N4O2/c1-13-3-5-14(6-4-13)7-9-17(24)21-16-8-10-18(25)22-19(16)15-11-20-23(2)12-15/h3-7,9,11-12,16,19H,8,10H2,1-2H3,(H,21,24)(H,22,25)/t16-,19?/m0/s1. The van der Waals surface area contributed by atoms with Crippen molar-refractivity contribution in [3.05, 3.63) is 59.4 Å². The minimum absolute atomic E-state index is 0.00505. The van der Waals surface area contributed by atoms with Crippen molar-refractivity contribution in [3.63, 3.8) is 0 Å². The van der Waals surface area contributed by atoms with E-state index in [9.17, 15) is 9.59 Å². The SMILES string of the molecule is Cc1ccc(C=CC(=O)N[C@H]2CCC(=O)NC2c2cnn(C)c2)cc1. The third-order valence-electron chi connectivity index (χ3n) is 4.32. The molecule has 1 saturated heterocycles. The second kappa shape index (κ2) is 7.34. The number of aromatic nitrogens is 2. The van der Waals surface area contributed by atoms with Gasteiger partial charge >= 0.3 is 0 Å². The zero-order chi connectivity index (χ0) is 17.8. The summed E-state index contributed by atoms with van der Waals surface area (Å²) in [6, 6.07) is 7.54. The van der Waals surface area contributed by atoms with Crippen LogP contribution in [0.5, 0.6) is 0 Å². The number of amides is 2. The second-order valence-corrected chi connectivity index (χ2v) is 6.39. The number of rotatable bonds is 4. The zero-order valence-electron chi connectivity index (χ0n) is 14.4. The number of nitrogens with zero attached hydrogens (tertiary/aromatic N) is 2. The molecular formula is C19H22N4O2. The van der Waals surface area contributed by atoms with Gasteiger partial charge in [-0.1, -0.05) is 29.8 Å². The Balaban J connectivity index is 1.67. The molecule has 2 amide bonds. The molecular weight excluding hydrogens is 316 g/mol. The van der Waals surface area contributed by atoms with Gasteiger partial charge in [0.05, 0.1) is 18.3 Å². The lowest BCUT2D eigenvalue weighted by Crippen LogP contribution is -2.49. The van der Waals surface area contributed by atoms with Gasteiger partial charge in [0, 0.05) is 31.3 Å². The zero-order valence-corrected chi connectivity index (χ0v) is 14.4. The van der Waals surface area contributed by atoms with Crippen LogP contribution in [0.2, 0.25) is 0 Å². The Morgan fingerprint density at radius 2 is 2.12 bits per heavy atom. The average molecular weight is 338 g/mol. The molecule has 2 heterocycles. The highest BCUT2D eigenvalue weighted by Crippen LogP contribution is 2.23. The van der Waals surface area contributed by atoms with Crippen LogP contribution >= 0.6 is 0 Å². The first-order chi connectivity index (χ1) is 12.0. The Kier molecular flexibility index (Phi) is 4.97. The molecule has 1 aliphatic heterocycles. The molecule has 0 spiro atoms. The third-order valence-corrected chi connectivity index (χ3v) is 4.32. The van der Waals surface area contributed by atoms with E-state index in [1.807, 2.05) is 44.4 Å². The first-order valence-corrected chi connectivity index (χ1v) is 8.34. The molecule has 0 radical (unpaired) electrons. The van der Waals surface area contributed by atoms with Crippen molar-refractivity contribution >= 4 is 17.9 Å². The van der Waals surface area contributed by atoms with Gasteiger partial charge in [-0.05, 0) is 25.0 Å². The molecule has 3 rings (SSSR count). The Morgan fingerprint density at radius 1 is 1.36 bits per heavy atom. The van der Waals surface area contributed by atoms with E-state index in [1.54, 1.807) is 17.0 Å². The molecule has 130 valence electrons. The molecule has 1 aliphatic rings. The Bertz CT molecular complexity index is 792. The van der Waals surface area contributed by atoms with E-state index >= 15 is 0 Å². The van der Waals surface area contributed by atoms with Crippen LogP contribution in [-0.4, -0.2) is 27.6 Å². The van der Waals surface area contributed by atoms with E-state index in [2.05, 4.69) is 15.7 Å². The smallest absolute Gasteiger partial charge is 0.244 e. The van der Waals surface area contributed by atoms with Gasteiger partial charge in [-0.25, -0.2) is 0 Å². The van der Waals surface area contributed by atoms with E-state index in [1.165, 1.54) is 11.6 Å². The van der Waals surface area contributed by atoms with Gasteiger partial charge in [-0.15, -0.1) is 0 Å². The van der Waals surface area contributed by atoms with Gasteiger partial charge in [-0.2, -0.15) is 5.10 Å². The highest BCUT2D eigenvalue weighted by Gasteiger charge is 2.31. The monoisotopic (exact) mass is 338 g/mol. The van der Waals surface area contributed by atoms with Crippen LogP contribution in [0.25, 0.3) is 6.08 Å². The minimum atomic E-state index is -0.258. The summed E-state index contributed by atoms with van der Waals surface area (Å²) in [4.78, 5) is 24.0. The van der Waals surface area contributed by atoms with Crippen molar-refractivity contribution in [3.8, 4) is 0 Å². The van der Waals surface area contributed by atoms with E-state index in [4.69, 9.17) is 0 Å². The maximum atomic E-state index is 12.3. The first kappa shape index (κ1) is 17.0. The van der Waals surface area contributed by atoms with Crippen molar-refractivity contribution < 1.29 is 9.59 Å². The second-order valence-electron chi connectivity index (χ2n) is 6.39. The lowest BCUT2D eigenvalue weighted by atomic mass is 9.93. The normalized spacial score (nSPS) is 20.5. The minimum Gasteiger partial charge on any atom is -0.347 e. The average Bonchev–Trinajstić information content (AvgIpc) is 3.02. The molecule has 2 atom stereocenters. The van der Waals surface area contributed by atoms with Crippen molar-refractivity contribution in [2.24, 2.45) is 7.05 Å². The summed E-state index contributed by atoms with van der Waals surface area (Å²) in [6.07, 6.45) is 7.91. The van der Waals surface area contributed by atoms with Crippen LogP contribution < -0.4 is 10.6 Å². The maximum Gasteiger partial charge on any atom is 0.244 e. The number of piperidine rings is 1. The molecule has 1 fully saturated rings. The van der Waals surface area contributed by atoms with E-state index in [-0.39, 0.29) is 23.9 Å². The summed E-state index contributed by atoms with van der Waals surface area (Å²) >= 11 is 0. The fraction of sp³-hybridized carbons (Fsp3) is 0.316. The molecule has 1 aromatic heterocycles. The van der Waals surface area contributed by atoms with Crippen molar-refractivity contribution in [2.75, 3.05) is 0 Å². The molecule has 25 heavy (non-hydrogen) atoms. The summed E-state index contributed by atoms with van der Waals surface area (Å²) in [6.45, 7) is 2.02. The fourth-order valence-corrected chi connectivity index (χ4v) is 2.95. The highest BCUT2D eigenvalue weighted by atomic mass is 16.2. The van der Waals surface area contributed by atoms with Crippen LogP contribution in [0.1, 0.15) is 35.6 Å². The lowest BCUT2D eigenvalue weighted by Gasteiger charge is -2.32. The van der Waals surface area contributed by atoms with Gasteiger partial charge in [0.25, 0.3) is 0 Å². The molecule has 0 bridgehead atoms. The van der Waals surface area contributed by atoms with Crippen molar-refractivity contribution in [1.82, 2.24) is 20.4 Å². The number of carbonyl (C=O) groups excluding carboxylic acids is 2. The molecule has 6 heteroatoms. The van der Waals surface area contributed by atoms with Crippen LogP contribution in [-0.2, 0) is 16.6 Å². The fourth-order valence-electron chi connectivity index (χ4n) is 2.95. The topological polar surface area (TPSA) is 76.0 Å². The van der Waals surface area contributed by atoms with Crippen LogP contribution in [0.4, 0.5) is 0 Å². The molecule has 1 aromatic carbocycles. The van der Waals surface area contributed by atoms with Gasteiger partial charge in [-0.3, -0.25) is 14.3 Å². The molecule has 1 unspecified atom stereocenters. The molecule has 6 nitrogen and oxygen atoms in total. The Hall–Kier alpha value is -2.89. The van der Waals surface area contributed by atoms with Crippen LogP contribution in [0.3, 0.4) is 0 Å². The number of carbonyl (C=O) groups is 2. The number of nitrogens with one attached hydrogen (secondary N) is 2. The van der Waals surface area contributed by atoms with Crippen molar-refractivity contribution in [2.45, 2.75) is 31.8 Å². The summed E-state index contributed by atoms with van der Waals surface area (Å²) < 4.78 is 1.69.